The first-order chi connectivity index (χ1) is 10.0. The highest BCUT2D eigenvalue weighted by molar-refractivity contribution is 6.30. The number of amides is 1. The van der Waals surface area contributed by atoms with E-state index in [1.54, 1.807) is 12.1 Å². The number of aromatic nitrogens is 2. The molecule has 1 aromatic heterocycles. The van der Waals surface area contributed by atoms with Gasteiger partial charge in [-0.1, -0.05) is 25.4 Å². The first-order valence-electron chi connectivity index (χ1n) is 6.89. The molecule has 112 valence electrons. The van der Waals surface area contributed by atoms with Gasteiger partial charge in [0.15, 0.2) is 0 Å². The van der Waals surface area contributed by atoms with E-state index in [1.807, 2.05) is 12.1 Å². The van der Waals surface area contributed by atoms with Crippen molar-refractivity contribution in [1.29, 1.82) is 0 Å². The standard InChI is InChI=1S/C15H18ClN3O2/c1-10(2)9-17-13(20)7-8-14-18-19-15(21-14)11-3-5-12(16)6-4-11/h3-6,10H,7-9H2,1-2H3,(H,17,20). The quantitative estimate of drug-likeness (QED) is 0.890. The Labute approximate surface area is 128 Å². The van der Waals surface area contributed by atoms with Crippen molar-refractivity contribution < 1.29 is 9.21 Å². The van der Waals surface area contributed by atoms with Gasteiger partial charge in [0.1, 0.15) is 0 Å². The van der Waals surface area contributed by atoms with Gasteiger partial charge in [-0.2, -0.15) is 0 Å². The number of benzene rings is 1. The Hall–Kier alpha value is -1.88. The van der Waals surface area contributed by atoms with E-state index in [0.717, 1.165) is 5.56 Å². The van der Waals surface area contributed by atoms with Crippen molar-refractivity contribution in [2.24, 2.45) is 5.92 Å². The minimum absolute atomic E-state index is 0.00468. The van der Waals surface area contributed by atoms with Gasteiger partial charge in [0.05, 0.1) is 0 Å². The fourth-order valence-corrected chi connectivity index (χ4v) is 1.82. The van der Waals surface area contributed by atoms with Crippen LogP contribution in [0, 0.1) is 5.92 Å². The van der Waals surface area contributed by atoms with Crippen LogP contribution >= 0.6 is 11.6 Å². The maximum absolute atomic E-state index is 11.6. The number of nitrogens with one attached hydrogen (secondary N) is 1. The molecule has 0 atom stereocenters. The van der Waals surface area contributed by atoms with Crippen LogP contribution in [0.25, 0.3) is 11.5 Å². The lowest BCUT2D eigenvalue weighted by Crippen LogP contribution is -2.27. The molecule has 0 aliphatic rings. The summed E-state index contributed by atoms with van der Waals surface area (Å²) in [7, 11) is 0. The molecule has 5 nitrogen and oxygen atoms in total. The molecule has 0 saturated carbocycles. The summed E-state index contributed by atoms with van der Waals surface area (Å²) in [5, 5.41) is 11.4. The van der Waals surface area contributed by atoms with Crippen LogP contribution in [0.5, 0.6) is 0 Å². The third kappa shape index (κ3) is 4.86. The van der Waals surface area contributed by atoms with Crippen LogP contribution < -0.4 is 5.32 Å². The molecule has 2 aromatic rings. The van der Waals surface area contributed by atoms with E-state index in [-0.39, 0.29) is 5.91 Å². The van der Waals surface area contributed by atoms with Gasteiger partial charge < -0.3 is 9.73 Å². The van der Waals surface area contributed by atoms with Crippen LogP contribution in [0.15, 0.2) is 28.7 Å². The fraction of sp³-hybridized carbons (Fsp3) is 0.400. The summed E-state index contributed by atoms with van der Waals surface area (Å²) in [6, 6.07) is 7.16. The van der Waals surface area contributed by atoms with Crippen molar-refractivity contribution in [2.75, 3.05) is 6.54 Å². The maximum Gasteiger partial charge on any atom is 0.247 e. The van der Waals surface area contributed by atoms with E-state index in [1.165, 1.54) is 0 Å². The van der Waals surface area contributed by atoms with Gasteiger partial charge in [-0.05, 0) is 30.2 Å². The molecule has 1 amide bonds. The van der Waals surface area contributed by atoms with Crippen LogP contribution in [-0.2, 0) is 11.2 Å². The molecule has 1 N–H and O–H groups in total. The number of rotatable bonds is 6. The zero-order valence-electron chi connectivity index (χ0n) is 12.1. The first kappa shape index (κ1) is 15.5. The molecule has 21 heavy (non-hydrogen) atoms. The molecule has 0 aliphatic heterocycles. The highest BCUT2D eigenvalue weighted by atomic mass is 35.5. The Bertz CT molecular complexity index is 593. The first-order valence-corrected chi connectivity index (χ1v) is 7.27. The molecule has 0 unspecified atom stereocenters. The molecular formula is C15H18ClN3O2. The lowest BCUT2D eigenvalue weighted by atomic mass is 10.2. The van der Waals surface area contributed by atoms with E-state index in [2.05, 4.69) is 29.4 Å². The van der Waals surface area contributed by atoms with Crippen molar-refractivity contribution in [3.63, 3.8) is 0 Å². The molecule has 0 fully saturated rings. The van der Waals surface area contributed by atoms with E-state index in [4.69, 9.17) is 16.0 Å². The summed E-state index contributed by atoms with van der Waals surface area (Å²) in [4.78, 5) is 11.6. The second kappa shape index (κ2) is 7.22. The molecule has 0 aliphatic carbocycles. The van der Waals surface area contributed by atoms with Crippen LogP contribution in [0.4, 0.5) is 0 Å². The SMILES string of the molecule is CC(C)CNC(=O)CCc1nnc(-c2ccc(Cl)cc2)o1. The third-order valence-electron chi connectivity index (χ3n) is 2.83. The molecular weight excluding hydrogens is 290 g/mol. The van der Waals surface area contributed by atoms with Crippen molar-refractivity contribution in [1.82, 2.24) is 15.5 Å². The molecule has 1 heterocycles. The molecule has 1 aromatic carbocycles. The van der Waals surface area contributed by atoms with Gasteiger partial charge in [-0.25, -0.2) is 0 Å². The van der Waals surface area contributed by atoms with Crippen molar-refractivity contribution in [3.05, 3.63) is 35.2 Å². The maximum atomic E-state index is 11.6. The summed E-state index contributed by atoms with van der Waals surface area (Å²) < 4.78 is 5.54. The zero-order chi connectivity index (χ0) is 15.2. The number of nitrogens with zero attached hydrogens (tertiary/aromatic N) is 2. The number of hydrogen-bond acceptors (Lipinski definition) is 4. The molecule has 6 heteroatoms. The predicted octanol–water partition coefficient (Wildman–Crippen LogP) is 3.09. The molecule has 2 rings (SSSR count). The number of halogens is 1. The Kier molecular flexibility index (Phi) is 5.33. The van der Waals surface area contributed by atoms with Crippen molar-refractivity contribution in [3.8, 4) is 11.5 Å². The van der Waals surface area contributed by atoms with Crippen LogP contribution in [0.3, 0.4) is 0 Å². The van der Waals surface area contributed by atoms with Crippen LogP contribution in [0.1, 0.15) is 26.2 Å². The Morgan fingerprint density at radius 1 is 1.29 bits per heavy atom. The largest absolute Gasteiger partial charge is 0.421 e. The number of carbonyl (C=O) groups is 1. The Morgan fingerprint density at radius 2 is 2.00 bits per heavy atom. The highest BCUT2D eigenvalue weighted by Crippen LogP contribution is 2.20. The molecule has 0 bridgehead atoms. The molecule has 0 saturated heterocycles. The lowest BCUT2D eigenvalue weighted by Gasteiger charge is -2.06. The van der Waals surface area contributed by atoms with Gasteiger partial charge in [0.25, 0.3) is 0 Å². The second-order valence-corrected chi connectivity index (χ2v) is 5.64. The van der Waals surface area contributed by atoms with E-state index in [0.29, 0.717) is 42.1 Å². The highest BCUT2D eigenvalue weighted by Gasteiger charge is 2.10. The summed E-state index contributed by atoms with van der Waals surface area (Å²) >= 11 is 5.83. The van der Waals surface area contributed by atoms with E-state index in [9.17, 15) is 4.79 Å². The minimum atomic E-state index is -0.00468. The van der Waals surface area contributed by atoms with Gasteiger partial charge >= 0.3 is 0 Å². The van der Waals surface area contributed by atoms with Crippen molar-refractivity contribution >= 4 is 17.5 Å². The topological polar surface area (TPSA) is 68.0 Å². The third-order valence-corrected chi connectivity index (χ3v) is 3.08. The predicted molar refractivity (Wildman–Crippen MR) is 80.9 cm³/mol. The minimum Gasteiger partial charge on any atom is -0.421 e. The Balaban J connectivity index is 1.88. The number of hydrogen-bond donors (Lipinski definition) is 1. The summed E-state index contributed by atoms with van der Waals surface area (Å²) in [5.74, 6) is 1.33. The average Bonchev–Trinajstić information content (AvgIpc) is 2.92. The van der Waals surface area contributed by atoms with E-state index >= 15 is 0 Å². The van der Waals surface area contributed by atoms with Gasteiger partial charge in [0, 0.05) is 30.0 Å². The fourth-order valence-electron chi connectivity index (χ4n) is 1.69. The summed E-state index contributed by atoms with van der Waals surface area (Å²) in [6.07, 6.45) is 0.777. The average molecular weight is 308 g/mol. The lowest BCUT2D eigenvalue weighted by molar-refractivity contribution is -0.121. The smallest absolute Gasteiger partial charge is 0.247 e. The normalized spacial score (nSPS) is 10.9. The zero-order valence-corrected chi connectivity index (χ0v) is 12.9. The number of aryl methyl sites for hydroxylation is 1. The van der Waals surface area contributed by atoms with Gasteiger partial charge in [-0.3, -0.25) is 4.79 Å². The molecule has 0 radical (unpaired) electrons. The number of carbonyl (C=O) groups excluding carboxylic acids is 1. The van der Waals surface area contributed by atoms with Crippen molar-refractivity contribution in [2.45, 2.75) is 26.7 Å². The van der Waals surface area contributed by atoms with Gasteiger partial charge in [-0.15, -0.1) is 10.2 Å². The monoisotopic (exact) mass is 307 g/mol. The summed E-state index contributed by atoms with van der Waals surface area (Å²) in [5.41, 5.74) is 0.808. The molecule has 0 spiro atoms. The van der Waals surface area contributed by atoms with Crippen LogP contribution in [-0.4, -0.2) is 22.6 Å². The Morgan fingerprint density at radius 3 is 2.67 bits per heavy atom. The summed E-state index contributed by atoms with van der Waals surface area (Å²) in [6.45, 7) is 4.78. The van der Waals surface area contributed by atoms with E-state index < -0.39 is 0 Å². The second-order valence-electron chi connectivity index (χ2n) is 5.21. The van der Waals surface area contributed by atoms with Gasteiger partial charge in [0.2, 0.25) is 17.7 Å². The van der Waals surface area contributed by atoms with Crippen LogP contribution in [0.2, 0.25) is 5.02 Å².